The Morgan fingerprint density at radius 3 is 2.06 bits per heavy atom. The van der Waals surface area contributed by atoms with Crippen LogP contribution in [-0.4, -0.2) is 14.5 Å². The molecule has 0 atom stereocenters. The highest BCUT2D eigenvalue weighted by atomic mass is 16.3. The standard InChI is InChI=1S/C43H29N3O/c1-43(2)33-24-36-32(23-31(33)29-21-22-38-40(41(29)43)30-18-10-12-20-37(30)47-38)28-17-9-11-19-35(28)46(36)39-25-34(26-13-5-3-6-14-26)44-42(45-39)27-15-7-4-8-16-27/h3-25H,1-2H3. The summed E-state index contributed by atoms with van der Waals surface area (Å²) in [5.74, 6) is 1.55. The van der Waals surface area contributed by atoms with Gasteiger partial charge in [0.15, 0.2) is 5.82 Å². The van der Waals surface area contributed by atoms with E-state index in [4.69, 9.17) is 14.4 Å². The van der Waals surface area contributed by atoms with Gasteiger partial charge in [-0.05, 0) is 52.6 Å². The lowest BCUT2D eigenvalue weighted by Crippen LogP contribution is -2.15. The highest BCUT2D eigenvalue weighted by Gasteiger charge is 2.39. The molecule has 0 fully saturated rings. The van der Waals surface area contributed by atoms with Gasteiger partial charge in [-0.15, -0.1) is 0 Å². The van der Waals surface area contributed by atoms with E-state index >= 15 is 0 Å². The molecule has 9 aromatic rings. The van der Waals surface area contributed by atoms with E-state index in [0.717, 1.165) is 44.8 Å². The van der Waals surface area contributed by atoms with Crippen LogP contribution in [0.4, 0.5) is 0 Å². The summed E-state index contributed by atoms with van der Waals surface area (Å²) in [6, 6.07) is 49.0. The first-order chi connectivity index (χ1) is 23.1. The Balaban J connectivity index is 1.28. The summed E-state index contributed by atoms with van der Waals surface area (Å²) in [5.41, 5.74) is 12.0. The summed E-state index contributed by atoms with van der Waals surface area (Å²) in [7, 11) is 0. The number of furan rings is 1. The summed E-state index contributed by atoms with van der Waals surface area (Å²) in [5, 5.41) is 4.80. The van der Waals surface area contributed by atoms with Crippen LogP contribution in [0.15, 0.2) is 144 Å². The van der Waals surface area contributed by atoms with Gasteiger partial charge in [0, 0.05) is 44.2 Å². The monoisotopic (exact) mass is 603 g/mol. The number of nitrogens with zero attached hydrogens (tertiary/aromatic N) is 3. The van der Waals surface area contributed by atoms with E-state index in [1.807, 2.05) is 30.3 Å². The molecule has 0 amide bonds. The van der Waals surface area contributed by atoms with Crippen molar-refractivity contribution < 1.29 is 4.42 Å². The zero-order chi connectivity index (χ0) is 31.3. The van der Waals surface area contributed by atoms with Crippen LogP contribution in [0.2, 0.25) is 0 Å². The van der Waals surface area contributed by atoms with Crippen molar-refractivity contribution in [2.45, 2.75) is 19.3 Å². The summed E-state index contributed by atoms with van der Waals surface area (Å²) in [6.07, 6.45) is 0. The Morgan fingerprint density at radius 2 is 1.26 bits per heavy atom. The molecule has 6 aromatic carbocycles. The summed E-state index contributed by atoms with van der Waals surface area (Å²) < 4.78 is 8.67. The number of benzene rings is 6. The van der Waals surface area contributed by atoms with Crippen LogP contribution in [0.5, 0.6) is 0 Å². The number of rotatable bonds is 3. The Kier molecular flexibility index (Phi) is 5.31. The third-order valence-electron chi connectivity index (χ3n) is 9.99. The average molecular weight is 604 g/mol. The lowest BCUT2D eigenvalue weighted by molar-refractivity contribution is 0.657. The predicted octanol–water partition coefficient (Wildman–Crippen LogP) is 11.1. The average Bonchev–Trinajstić information content (AvgIpc) is 3.73. The summed E-state index contributed by atoms with van der Waals surface area (Å²) in [6.45, 7) is 4.70. The molecular formula is C43H29N3O. The largest absolute Gasteiger partial charge is 0.456 e. The molecule has 0 bridgehead atoms. The summed E-state index contributed by atoms with van der Waals surface area (Å²) >= 11 is 0. The first-order valence-corrected chi connectivity index (χ1v) is 16.1. The number of hydrogen-bond donors (Lipinski definition) is 0. The maximum absolute atomic E-state index is 6.34. The van der Waals surface area contributed by atoms with Crippen molar-refractivity contribution in [2.24, 2.45) is 0 Å². The molecular weight excluding hydrogens is 574 g/mol. The van der Waals surface area contributed by atoms with Crippen molar-refractivity contribution >= 4 is 43.7 Å². The molecule has 4 nitrogen and oxygen atoms in total. The molecule has 222 valence electrons. The van der Waals surface area contributed by atoms with Gasteiger partial charge >= 0.3 is 0 Å². The lowest BCUT2D eigenvalue weighted by Gasteiger charge is -2.22. The van der Waals surface area contributed by atoms with Crippen LogP contribution in [0.1, 0.15) is 25.0 Å². The number of hydrogen-bond acceptors (Lipinski definition) is 3. The van der Waals surface area contributed by atoms with Crippen LogP contribution in [0, 0.1) is 0 Å². The van der Waals surface area contributed by atoms with Crippen molar-refractivity contribution in [3.05, 3.63) is 151 Å². The molecule has 0 spiro atoms. The molecule has 10 rings (SSSR count). The quantitative estimate of drug-likeness (QED) is 0.202. The van der Waals surface area contributed by atoms with Crippen molar-refractivity contribution in [2.75, 3.05) is 0 Å². The minimum Gasteiger partial charge on any atom is -0.456 e. The van der Waals surface area contributed by atoms with E-state index in [0.29, 0.717) is 5.82 Å². The van der Waals surface area contributed by atoms with Gasteiger partial charge in [-0.25, -0.2) is 9.97 Å². The molecule has 0 unspecified atom stereocenters. The van der Waals surface area contributed by atoms with Gasteiger partial charge < -0.3 is 4.42 Å². The second-order valence-corrected chi connectivity index (χ2v) is 13.0. The Hall–Kier alpha value is -6.00. The van der Waals surface area contributed by atoms with E-state index in [2.05, 4.69) is 128 Å². The predicted molar refractivity (Wildman–Crippen MR) is 192 cm³/mol. The summed E-state index contributed by atoms with van der Waals surface area (Å²) in [4.78, 5) is 10.3. The molecule has 1 aliphatic carbocycles. The number of fused-ring (bicyclic) bond motifs is 10. The minimum absolute atomic E-state index is 0.248. The van der Waals surface area contributed by atoms with E-state index in [9.17, 15) is 0 Å². The Morgan fingerprint density at radius 1 is 0.553 bits per heavy atom. The SMILES string of the molecule is CC1(C)c2cc3c(cc2-c2ccc4oc5ccccc5c4c21)c1ccccc1n3-c1cc(-c2ccccc2)nc(-c2ccccc2)n1. The fraction of sp³-hybridized carbons (Fsp3) is 0.0698. The first-order valence-electron chi connectivity index (χ1n) is 16.1. The molecule has 0 N–H and O–H groups in total. The fourth-order valence-corrected chi connectivity index (χ4v) is 7.85. The zero-order valence-corrected chi connectivity index (χ0v) is 26.0. The second kappa shape index (κ2) is 9.51. The van der Waals surface area contributed by atoms with Gasteiger partial charge in [0.1, 0.15) is 17.0 Å². The zero-order valence-electron chi connectivity index (χ0n) is 26.0. The smallest absolute Gasteiger partial charge is 0.162 e. The normalized spacial score (nSPS) is 13.5. The van der Waals surface area contributed by atoms with Crippen LogP contribution in [0.25, 0.3) is 83.3 Å². The van der Waals surface area contributed by atoms with Crippen LogP contribution in [-0.2, 0) is 5.41 Å². The van der Waals surface area contributed by atoms with Crippen molar-refractivity contribution in [3.8, 4) is 39.6 Å². The van der Waals surface area contributed by atoms with Crippen LogP contribution in [0.3, 0.4) is 0 Å². The van der Waals surface area contributed by atoms with Gasteiger partial charge in [-0.2, -0.15) is 0 Å². The van der Waals surface area contributed by atoms with Crippen LogP contribution < -0.4 is 0 Å². The van der Waals surface area contributed by atoms with E-state index in [-0.39, 0.29) is 5.41 Å². The van der Waals surface area contributed by atoms with E-state index < -0.39 is 0 Å². The van der Waals surface area contributed by atoms with Gasteiger partial charge in [0.2, 0.25) is 0 Å². The van der Waals surface area contributed by atoms with Crippen molar-refractivity contribution in [1.29, 1.82) is 0 Å². The maximum Gasteiger partial charge on any atom is 0.162 e. The highest BCUT2D eigenvalue weighted by molar-refractivity contribution is 6.14. The Bertz CT molecular complexity index is 2640. The molecule has 3 heterocycles. The molecule has 4 heteroatoms. The Labute approximate surface area is 271 Å². The molecule has 1 aliphatic rings. The first kappa shape index (κ1) is 26.2. The number of aromatic nitrogens is 3. The van der Waals surface area contributed by atoms with Crippen molar-refractivity contribution in [3.63, 3.8) is 0 Å². The van der Waals surface area contributed by atoms with E-state index in [1.165, 1.54) is 43.8 Å². The lowest BCUT2D eigenvalue weighted by atomic mass is 9.80. The number of para-hydroxylation sites is 2. The molecule has 0 aliphatic heterocycles. The molecule has 0 radical (unpaired) electrons. The third kappa shape index (κ3) is 3.70. The molecule has 3 aromatic heterocycles. The van der Waals surface area contributed by atoms with Crippen LogP contribution >= 0.6 is 0 Å². The topological polar surface area (TPSA) is 43.9 Å². The van der Waals surface area contributed by atoms with Gasteiger partial charge in [0.25, 0.3) is 0 Å². The van der Waals surface area contributed by atoms with Crippen molar-refractivity contribution in [1.82, 2.24) is 14.5 Å². The van der Waals surface area contributed by atoms with Gasteiger partial charge in [0.05, 0.1) is 16.7 Å². The third-order valence-corrected chi connectivity index (χ3v) is 9.99. The van der Waals surface area contributed by atoms with Gasteiger partial charge in [-0.3, -0.25) is 4.57 Å². The fourth-order valence-electron chi connectivity index (χ4n) is 7.85. The van der Waals surface area contributed by atoms with Gasteiger partial charge in [-0.1, -0.05) is 117 Å². The molecule has 47 heavy (non-hydrogen) atoms. The molecule has 0 saturated heterocycles. The molecule has 0 saturated carbocycles. The minimum atomic E-state index is -0.248. The second-order valence-electron chi connectivity index (χ2n) is 13.0. The van der Waals surface area contributed by atoms with E-state index in [1.54, 1.807) is 0 Å². The highest BCUT2D eigenvalue weighted by Crippen LogP contribution is 2.54. The maximum atomic E-state index is 6.34.